The summed E-state index contributed by atoms with van der Waals surface area (Å²) in [6.07, 6.45) is 1.64. The van der Waals surface area contributed by atoms with Crippen molar-refractivity contribution in [2.24, 2.45) is 5.92 Å². The van der Waals surface area contributed by atoms with E-state index in [1.165, 1.54) is 7.11 Å². The Morgan fingerprint density at radius 1 is 1.47 bits per heavy atom. The lowest BCUT2D eigenvalue weighted by Gasteiger charge is -2.31. The van der Waals surface area contributed by atoms with Crippen LogP contribution in [-0.4, -0.2) is 37.0 Å². The van der Waals surface area contributed by atoms with Crippen molar-refractivity contribution in [3.8, 4) is 0 Å². The lowest BCUT2D eigenvalue weighted by molar-refractivity contribution is -0.148. The summed E-state index contributed by atoms with van der Waals surface area (Å²) in [5.74, 6) is -0.468. The van der Waals surface area contributed by atoms with Gasteiger partial charge in [-0.05, 0) is 19.8 Å². The number of amides is 1. The molecule has 1 fully saturated rings. The molecule has 1 unspecified atom stereocenters. The fourth-order valence-electron chi connectivity index (χ4n) is 1.79. The van der Waals surface area contributed by atoms with E-state index in [1.807, 2.05) is 0 Å². The van der Waals surface area contributed by atoms with Crippen molar-refractivity contribution in [1.29, 1.82) is 0 Å². The van der Waals surface area contributed by atoms with E-state index in [-0.39, 0.29) is 17.8 Å². The van der Waals surface area contributed by atoms with E-state index < -0.39 is 0 Å². The van der Waals surface area contributed by atoms with Crippen LogP contribution in [-0.2, 0) is 14.3 Å². The van der Waals surface area contributed by atoms with Gasteiger partial charge in [-0.15, -0.1) is 0 Å². The van der Waals surface area contributed by atoms with Crippen LogP contribution in [0, 0.1) is 5.92 Å². The number of piperidine rings is 1. The molecule has 0 bridgehead atoms. The fourth-order valence-corrected chi connectivity index (χ4v) is 1.79. The first-order valence-corrected chi connectivity index (χ1v) is 5.09. The van der Waals surface area contributed by atoms with Gasteiger partial charge in [0.2, 0.25) is 5.91 Å². The second-order valence-corrected chi connectivity index (χ2v) is 3.89. The number of hydrogen-bond donors (Lipinski definition) is 0. The lowest BCUT2D eigenvalue weighted by atomic mass is 9.98. The topological polar surface area (TPSA) is 46.6 Å². The van der Waals surface area contributed by atoms with Crippen LogP contribution in [0.15, 0.2) is 12.2 Å². The number of likely N-dealkylation sites (tertiary alicyclic amines) is 1. The standard InChI is InChI=1S/C11H17NO3/c1-8(2)10(13)12-6-4-5-9(7-12)11(14)15-3/h9H,1,4-7H2,2-3H3. The zero-order valence-corrected chi connectivity index (χ0v) is 9.28. The molecule has 1 aliphatic heterocycles. The van der Waals surface area contributed by atoms with Gasteiger partial charge in [0, 0.05) is 18.7 Å². The molecule has 0 saturated carbocycles. The summed E-state index contributed by atoms with van der Waals surface area (Å²) in [5.41, 5.74) is 0.514. The average Bonchev–Trinajstić information content (AvgIpc) is 2.27. The molecule has 4 nitrogen and oxygen atoms in total. The van der Waals surface area contributed by atoms with Gasteiger partial charge in [-0.25, -0.2) is 0 Å². The molecule has 1 amide bonds. The summed E-state index contributed by atoms with van der Waals surface area (Å²) in [5, 5.41) is 0. The van der Waals surface area contributed by atoms with Gasteiger partial charge in [0.15, 0.2) is 0 Å². The molecule has 0 aromatic rings. The molecule has 15 heavy (non-hydrogen) atoms. The molecule has 4 heteroatoms. The smallest absolute Gasteiger partial charge is 0.310 e. The Morgan fingerprint density at radius 3 is 2.67 bits per heavy atom. The third kappa shape index (κ3) is 2.81. The van der Waals surface area contributed by atoms with E-state index in [0.29, 0.717) is 18.7 Å². The summed E-state index contributed by atoms with van der Waals surface area (Å²) in [4.78, 5) is 24.6. The Kier molecular flexibility index (Phi) is 3.88. The van der Waals surface area contributed by atoms with Gasteiger partial charge < -0.3 is 9.64 Å². The molecule has 1 aliphatic rings. The average molecular weight is 211 g/mol. The van der Waals surface area contributed by atoms with Crippen LogP contribution in [0.25, 0.3) is 0 Å². The Labute approximate surface area is 89.9 Å². The molecule has 1 heterocycles. The van der Waals surface area contributed by atoms with Crippen molar-refractivity contribution in [2.45, 2.75) is 19.8 Å². The maximum Gasteiger partial charge on any atom is 0.310 e. The van der Waals surface area contributed by atoms with Gasteiger partial charge in [-0.2, -0.15) is 0 Å². The number of methoxy groups -OCH3 is 1. The first-order valence-electron chi connectivity index (χ1n) is 5.09. The molecular weight excluding hydrogens is 194 g/mol. The van der Waals surface area contributed by atoms with Crippen LogP contribution in [0.2, 0.25) is 0 Å². The normalized spacial score (nSPS) is 20.9. The van der Waals surface area contributed by atoms with Gasteiger partial charge in [0.05, 0.1) is 13.0 Å². The predicted molar refractivity (Wildman–Crippen MR) is 56.1 cm³/mol. The molecule has 0 N–H and O–H groups in total. The highest BCUT2D eigenvalue weighted by molar-refractivity contribution is 5.92. The lowest BCUT2D eigenvalue weighted by Crippen LogP contribution is -2.42. The van der Waals surface area contributed by atoms with Crippen molar-refractivity contribution in [1.82, 2.24) is 4.90 Å². The molecular formula is C11H17NO3. The highest BCUT2D eigenvalue weighted by Gasteiger charge is 2.28. The van der Waals surface area contributed by atoms with Crippen molar-refractivity contribution in [3.63, 3.8) is 0 Å². The predicted octanol–water partition coefficient (Wildman–Crippen LogP) is 0.974. The van der Waals surface area contributed by atoms with Crippen molar-refractivity contribution in [3.05, 3.63) is 12.2 Å². The van der Waals surface area contributed by atoms with Crippen molar-refractivity contribution in [2.75, 3.05) is 20.2 Å². The van der Waals surface area contributed by atoms with Crippen LogP contribution in [0.4, 0.5) is 0 Å². The summed E-state index contributed by atoms with van der Waals surface area (Å²) in [7, 11) is 1.38. The minimum atomic E-state index is -0.228. The zero-order chi connectivity index (χ0) is 11.4. The van der Waals surface area contributed by atoms with Crippen molar-refractivity contribution < 1.29 is 14.3 Å². The highest BCUT2D eigenvalue weighted by Crippen LogP contribution is 2.18. The Balaban J connectivity index is 2.60. The van der Waals surface area contributed by atoms with Gasteiger partial charge in [0.25, 0.3) is 0 Å². The molecule has 0 aromatic heterocycles. The molecule has 1 atom stereocenters. The number of ether oxygens (including phenoxy) is 1. The van der Waals surface area contributed by atoms with Crippen LogP contribution in [0.5, 0.6) is 0 Å². The second-order valence-electron chi connectivity index (χ2n) is 3.89. The molecule has 1 saturated heterocycles. The summed E-state index contributed by atoms with van der Waals surface area (Å²) in [6.45, 7) is 6.46. The van der Waals surface area contributed by atoms with Crippen LogP contribution in [0.1, 0.15) is 19.8 Å². The first-order chi connectivity index (χ1) is 7.06. The van der Waals surface area contributed by atoms with Crippen LogP contribution >= 0.6 is 0 Å². The van der Waals surface area contributed by atoms with E-state index in [2.05, 4.69) is 11.3 Å². The number of rotatable bonds is 2. The molecule has 0 radical (unpaired) electrons. The largest absolute Gasteiger partial charge is 0.469 e. The number of hydrogen-bond acceptors (Lipinski definition) is 3. The summed E-state index contributed by atoms with van der Waals surface area (Å²) in [6, 6.07) is 0. The van der Waals surface area contributed by atoms with E-state index in [0.717, 1.165) is 12.8 Å². The summed E-state index contributed by atoms with van der Waals surface area (Å²) < 4.78 is 4.68. The SMILES string of the molecule is C=C(C)C(=O)N1CCCC(C(=O)OC)C1. The Bertz CT molecular complexity index is 286. The number of carbonyl (C=O) groups is 2. The zero-order valence-electron chi connectivity index (χ0n) is 9.28. The van der Waals surface area contributed by atoms with Crippen LogP contribution < -0.4 is 0 Å². The van der Waals surface area contributed by atoms with Crippen LogP contribution in [0.3, 0.4) is 0 Å². The maximum atomic E-state index is 11.6. The monoisotopic (exact) mass is 211 g/mol. The molecule has 1 rings (SSSR count). The van der Waals surface area contributed by atoms with Gasteiger partial charge >= 0.3 is 5.97 Å². The molecule has 0 aliphatic carbocycles. The van der Waals surface area contributed by atoms with E-state index >= 15 is 0 Å². The fraction of sp³-hybridized carbons (Fsp3) is 0.636. The Hall–Kier alpha value is -1.32. The second kappa shape index (κ2) is 4.96. The third-order valence-corrected chi connectivity index (χ3v) is 2.61. The van der Waals surface area contributed by atoms with Gasteiger partial charge in [-0.1, -0.05) is 6.58 Å². The highest BCUT2D eigenvalue weighted by atomic mass is 16.5. The quantitative estimate of drug-likeness (QED) is 0.505. The Morgan fingerprint density at radius 2 is 2.13 bits per heavy atom. The minimum absolute atomic E-state index is 0.0661. The third-order valence-electron chi connectivity index (χ3n) is 2.61. The minimum Gasteiger partial charge on any atom is -0.469 e. The van der Waals surface area contributed by atoms with Gasteiger partial charge in [-0.3, -0.25) is 9.59 Å². The van der Waals surface area contributed by atoms with Crippen molar-refractivity contribution >= 4 is 11.9 Å². The molecule has 0 aromatic carbocycles. The first kappa shape index (κ1) is 11.8. The summed E-state index contributed by atoms with van der Waals surface area (Å²) >= 11 is 0. The van der Waals surface area contributed by atoms with E-state index in [4.69, 9.17) is 0 Å². The molecule has 84 valence electrons. The maximum absolute atomic E-state index is 11.6. The number of carbonyl (C=O) groups excluding carboxylic acids is 2. The van der Waals surface area contributed by atoms with Gasteiger partial charge in [0.1, 0.15) is 0 Å². The van der Waals surface area contributed by atoms with E-state index in [1.54, 1.807) is 11.8 Å². The number of esters is 1. The molecule has 0 spiro atoms. The number of nitrogens with zero attached hydrogens (tertiary/aromatic N) is 1. The van der Waals surface area contributed by atoms with E-state index in [9.17, 15) is 9.59 Å².